The molecule has 2 amide bonds. The summed E-state index contributed by atoms with van der Waals surface area (Å²) in [6.45, 7) is 1.73. The lowest BCUT2D eigenvalue weighted by atomic mass is 10.0. The number of aliphatic hydroxyl groups is 1. The minimum Gasteiger partial charge on any atom is -0.392 e. The Morgan fingerprint density at radius 2 is 1.44 bits per heavy atom. The molecular formula is C25H28N2O5. The predicted molar refractivity (Wildman–Crippen MR) is 121 cm³/mol. The average Bonchev–Trinajstić information content (AvgIpc) is 2.87. The lowest BCUT2D eigenvalue weighted by Crippen LogP contribution is -2.26. The Balaban J connectivity index is 0.000000235. The lowest BCUT2D eigenvalue weighted by molar-refractivity contribution is -0.133. The summed E-state index contributed by atoms with van der Waals surface area (Å²) in [4.78, 5) is 22.9. The standard InChI is InChI=1S/C14H13NO3.C11H15NO2/c16-10-11-6-8-12(9-7-11)14(17)15(18)13-4-2-1-3-5-13;1-9(11(13)12-14)7-8-10-5-3-2-4-6-10/h1-9,16,18H,10H2;2-6,9,14H,7-8H2,1H3,(H,12,13). The molecule has 0 aliphatic rings. The summed E-state index contributed by atoms with van der Waals surface area (Å²) in [5.41, 5.74) is 4.36. The van der Waals surface area contributed by atoms with E-state index < -0.39 is 5.91 Å². The molecule has 0 saturated heterocycles. The Morgan fingerprint density at radius 1 is 0.875 bits per heavy atom. The molecule has 0 heterocycles. The molecule has 4 N–H and O–H groups in total. The van der Waals surface area contributed by atoms with Gasteiger partial charge in [-0.3, -0.25) is 20.0 Å². The molecule has 0 spiro atoms. The zero-order chi connectivity index (χ0) is 23.3. The molecule has 0 saturated carbocycles. The third-order valence-electron chi connectivity index (χ3n) is 4.84. The van der Waals surface area contributed by atoms with Gasteiger partial charge in [0, 0.05) is 11.5 Å². The van der Waals surface area contributed by atoms with Crippen molar-refractivity contribution < 1.29 is 25.1 Å². The molecule has 3 aromatic carbocycles. The van der Waals surface area contributed by atoms with Crippen LogP contribution in [0.2, 0.25) is 0 Å². The predicted octanol–water partition coefficient (Wildman–Crippen LogP) is 3.98. The molecule has 168 valence electrons. The van der Waals surface area contributed by atoms with Gasteiger partial charge in [-0.15, -0.1) is 0 Å². The van der Waals surface area contributed by atoms with Crippen LogP contribution in [-0.2, 0) is 17.8 Å². The number of para-hydroxylation sites is 1. The van der Waals surface area contributed by atoms with E-state index in [4.69, 9.17) is 10.3 Å². The van der Waals surface area contributed by atoms with Crippen LogP contribution in [0, 0.1) is 5.92 Å². The number of aliphatic hydroxyl groups excluding tert-OH is 1. The number of benzene rings is 3. The monoisotopic (exact) mass is 436 g/mol. The smallest absolute Gasteiger partial charge is 0.281 e. The summed E-state index contributed by atoms with van der Waals surface area (Å²) in [6.07, 6.45) is 1.60. The number of aryl methyl sites for hydroxylation is 1. The van der Waals surface area contributed by atoms with Gasteiger partial charge >= 0.3 is 0 Å². The van der Waals surface area contributed by atoms with Gasteiger partial charge < -0.3 is 5.11 Å². The highest BCUT2D eigenvalue weighted by atomic mass is 16.5. The van der Waals surface area contributed by atoms with E-state index in [2.05, 4.69) is 0 Å². The van der Waals surface area contributed by atoms with Crippen LogP contribution >= 0.6 is 0 Å². The summed E-state index contributed by atoms with van der Waals surface area (Å²) < 4.78 is 0. The van der Waals surface area contributed by atoms with E-state index in [1.54, 1.807) is 67.0 Å². The van der Waals surface area contributed by atoms with Gasteiger partial charge in [-0.25, -0.2) is 5.48 Å². The number of anilines is 1. The van der Waals surface area contributed by atoms with Crippen molar-refractivity contribution in [2.45, 2.75) is 26.4 Å². The normalized spacial score (nSPS) is 11.0. The van der Waals surface area contributed by atoms with Gasteiger partial charge in [-0.05, 0) is 48.2 Å². The maximum atomic E-state index is 12.0. The van der Waals surface area contributed by atoms with Crippen molar-refractivity contribution in [3.63, 3.8) is 0 Å². The number of carbonyl (C=O) groups is 2. The van der Waals surface area contributed by atoms with E-state index >= 15 is 0 Å². The first kappa shape index (κ1) is 24.7. The van der Waals surface area contributed by atoms with Crippen molar-refractivity contribution in [2.75, 3.05) is 5.06 Å². The Bertz CT molecular complexity index is 963. The number of rotatable bonds is 7. The molecule has 0 aromatic heterocycles. The van der Waals surface area contributed by atoms with Gasteiger partial charge in [0.25, 0.3) is 5.91 Å². The van der Waals surface area contributed by atoms with Crippen molar-refractivity contribution in [3.8, 4) is 0 Å². The van der Waals surface area contributed by atoms with Gasteiger partial charge in [-0.1, -0.05) is 67.6 Å². The molecule has 0 aliphatic heterocycles. The van der Waals surface area contributed by atoms with Crippen LogP contribution in [0.3, 0.4) is 0 Å². The SMILES string of the molecule is CC(CCc1ccccc1)C(=O)NO.O=C(c1ccc(CO)cc1)N(O)c1ccccc1. The van der Waals surface area contributed by atoms with Crippen molar-refractivity contribution in [1.82, 2.24) is 5.48 Å². The number of hydrogen-bond donors (Lipinski definition) is 4. The van der Waals surface area contributed by atoms with Crippen LogP contribution < -0.4 is 10.5 Å². The van der Waals surface area contributed by atoms with Crippen molar-refractivity contribution >= 4 is 17.5 Å². The van der Waals surface area contributed by atoms with Gasteiger partial charge in [0.1, 0.15) is 0 Å². The van der Waals surface area contributed by atoms with Crippen LogP contribution in [0.1, 0.15) is 34.8 Å². The first-order valence-electron chi connectivity index (χ1n) is 10.2. The first-order valence-corrected chi connectivity index (χ1v) is 10.2. The van der Waals surface area contributed by atoms with Gasteiger partial charge in [0.05, 0.1) is 12.3 Å². The van der Waals surface area contributed by atoms with Crippen molar-refractivity contribution in [3.05, 3.63) is 102 Å². The second kappa shape index (κ2) is 13.0. The van der Waals surface area contributed by atoms with Gasteiger partial charge in [0.15, 0.2) is 0 Å². The topological polar surface area (TPSA) is 110 Å². The van der Waals surface area contributed by atoms with E-state index in [0.29, 0.717) is 16.3 Å². The minimum atomic E-state index is -0.509. The summed E-state index contributed by atoms with van der Waals surface area (Å²) in [6, 6.07) is 25.0. The third kappa shape index (κ3) is 7.63. The van der Waals surface area contributed by atoms with Crippen molar-refractivity contribution in [1.29, 1.82) is 0 Å². The third-order valence-corrected chi connectivity index (χ3v) is 4.84. The Hall–Kier alpha value is -3.52. The number of hydrogen-bond acceptors (Lipinski definition) is 5. The van der Waals surface area contributed by atoms with E-state index in [-0.39, 0.29) is 18.4 Å². The maximum Gasteiger partial charge on any atom is 0.281 e. The van der Waals surface area contributed by atoms with Crippen LogP contribution in [0.15, 0.2) is 84.9 Å². The van der Waals surface area contributed by atoms with E-state index in [1.165, 1.54) is 5.56 Å². The molecule has 32 heavy (non-hydrogen) atoms. The second-order valence-electron chi connectivity index (χ2n) is 7.21. The Kier molecular flexibility index (Phi) is 10.1. The molecule has 3 aromatic rings. The largest absolute Gasteiger partial charge is 0.392 e. The molecule has 0 bridgehead atoms. The van der Waals surface area contributed by atoms with Crippen LogP contribution in [0.5, 0.6) is 0 Å². The molecule has 1 atom stereocenters. The number of nitrogens with one attached hydrogen (secondary N) is 1. The summed E-state index contributed by atoms with van der Waals surface area (Å²) in [5.74, 6) is -0.980. The molecular weight excluding hydrogens is 408 g/mol. The number of nitrogens with zero attached hydrogens (tertiary/aromatic N) is 1. The molecule has 7 heteroatoms. The second-order valence-corrected chi connectivity index (χ2v) is 7.21. The van der Waals surface area contributed by atoms with Gasteiger partial charge in [-0.2, -0.15) is 5.06 Å². The highest BCUT2D eigenvalue weighted by molar-refractivity contribution is 6.04. The van der Waals surface area contributed by atoms with Crippen molar-refractivity contribution in [2.24, 2.45) is 5.92 Å². The van der Waals surface area contributed by atoms with E-state index in [0.717, 1.165) is 18.4 Å². The number of hydroxylamine groups is 2. The van der Waals surface area contributed by atoms with Crippen LogP contribution in [0.25, 0.3) is 0 Å². The summed E-state index contributed by atoms with van der Waals surface area (Å²) in [7, 11) is 0. The zero-order valence-corrected chi connectivity index (χ0v) is 17.9. The highest BCUT2D eigenvalue weighted by Gasteiger charge is 2.15. The molecule has 0 fully saturated rings. The quantitative estimate of drug-likeness (QED) is 0.331. The van der Waals surface area contributed by atoms with Crippen LogP contribution in [0.4, 0.5) is 5.69 Å². The van der Waals surface area contributed by atoms with E-state index in [9.17, 15) is 14.8 Å². The molecule has 7 nitrogen and oxygen atoms in total. The van der Waals surface area contributed by atoms with Gasteiger partial charge in [0.2, 0.25) is 5.91 Å². The summed E-state index contributed by atoms with van der Waals surface area (Å²) >= 11 is 0. The fourth-order valence-corrected chi connectivity index (χ4v) is 2.83. The lowest BCUT2D eigenvalue weighted by Gasteiger charge is -2.14. The first-order chi connectivity index (χ1) is 15.5. The van der Waals surface area contributed by atoms with E-state index in [1.807, 2.05) is 30.3 Å². The average molecular weight is 437 g/mol. The fourth-order valence-electron chi connectivity index (χ4n) is 2.83. The Morgan fingerprint density at radius 3 is 1.97 bits per heavy atom. The number of carbonyl (C=O) groups excluding carboxylic acids is 2. The fraction of sp³-hybridized carbons (Fsp3) is 0.200. The molecule has 0 aliphatic carbocycles. The zero-order valence-electron chi connectivity index (χ0n) is 17.9. The Labute approximate surface area is 187 Å². The maximum absolute atomic E-state index is 12.0. The summed E-state index contributed by atoms with van der Waals surface area (Å²) in [5, 5.41) is 27.7. The minimum absolute atomic E-state index is 0.0734. The molecule has 3 rings (SSSR count). The van der Waals surface area contributed by atoms with Crippen LogP contribution in [-0.4, -0.2) is 27.3 Å². The highest BCUT2D eigenvalue weighted by Crippen LogP contribution is 2.15. The number of amides is 2. The molecule has 0 radical (unpaired) electrons. The molecule has 1 unspecified atom stereocenters.